The average Bonchev–Trinajstić information content (AvgIpc) is 2.49. The van der Waals surface area contributed by atoms with Crippen LogP contribution in [0.15, 0.2) is 0 Å². The zero-order valence-electron chi connectivity index (χ0n) is 14.9. The highest BCUT2D eigenvalue weighted by atomic mass is 32.2. The third kappa shape index (κ3) is 7.04. The molecule has 0 spiro atoms. The third-order valence-electron chi connectivity index (χ3n) is 3.61. The SMILES string of the molecule is CCS(=O)(=O)N1CCCC(C(=O)NCCNC(=O)OC(C)(C)C)C1. The topological polar surface area (TPSA) is 105 Å². The lowest BCUT2D eigenvalue weighted by Gasteiger charge is -2.30. The molecular weight excluding hydrogens is 334 g/mol. The summed E-state index contributed by atoms with van der Waals surface area (Å²) in [5, 5.41) is 5.29. The first-order valence-corrected chi connectivity index (χ1v) is 9.88. The molecular formula is C15H29N3O5S. The van der Waals surface area contributed by atoms with Crippen molar-refractivity contribution in [3.63, 3.8) is 0 Å². The third-order valence-corrected chi connectivity index (χ3v) is 5.45. The van der Waals surface area contributed by atoms with Gasteiger partial charge in [-0.15, -0.1) is 0 Å². The van der Waals surface area contributed by atoms with Crippen LogP contribution in [0, 0.1) is 5.92 Å². The number of hydrogen-bond acceptors (Lipinski definition) is 5. The average molecular weight is 363 g/mol. The van der Waals surface area contributed by atoms with E-state index in [0.29, 0.717) is 19.4 Å². The van der Waals surface area contributed by atoms with E-state index in [1.807, 2.05) is 0 Å². The van der Waals surface area contributed by atoms with Crippen molar-refractivity contribution < 1.29 is 22.7 Å². The van der Waals surface area contributed by atoms with Gasteiger partial charge in [0.1, 0.15) is 5.60 Å². The van der Waals surface area contributed by atoms with E-state index in [9.17, 15) is 18.0 Å². The summed E-state index contributed by atoms with van der Waals surface area (Å²) in [4.78, 5) is 23.6. The number of sulfonamides is 1. The summed E-state index contributed by atoms with van der Waals surface area (Å²) in [6, 6.07) is 0. The largest absolute Gasteiger partial charge is 0.444 e. The van der Waals surface area contributed by atoms with Gasteiger partial charge in [-0.25, -0.2) is 17.5 Å². The van der Waals surface area contributed by atoms with Crippen molar-refractivity contribution in [3.05, 3.63) is 0 Å². The second-order valence-electron chi connectivity index (χ2n) is 6.82. The van der Waals surface area contributed by atoms with Crippen LogP contribution in [0.1, 0.15) is 40.5 Å². The van der Waals surface area contributed by atoms with Gasteiger partial charge in [0.25, 0.3) is 0 Å². The van der Waals surface area contributed by atoms with Gasteiger partial charge in [0.05, 0.1) is 11.7 Å². The lowest BCUT2D eigenvalue weighted by molar-refractivity contribution is -0.126. The minimum Gasteiger partial charge on any atom is -0.444 e. The van der Waals surface area contributed by atoms with Crippen LogP contribution >= 0.6 is 0 Å². The molecule has 0 saturated carbocycles. The number of nitrogens with zero attached hydrogens (tertiary/aromatic N) is 1. The van der Waals surface area contributed by atoms with Gasteiger partial charge in [-0.3, -0.25) is 4.79 Å². The van der Waals surface area contributed by atoms with Gasteiger partial charge in [0, 0.05) is 26.2 Å². The van der Waals surface area contributed by atoms with Crippen molar-refractivity contribution in [2.75, 3.05) is 31.9 Å². The Morgan fingerprint density at radius 3 is 2.42 bits per heavy atom. The first kappa shape index (κ1) is 20.7. The minimum absolute atomic E-state index is 0.0428. The molecule has 1 unspecified atom stereocenters. The molecule has 1 rings (SSSR count). The summed E-state index contributed by atoms with van der Waals surface area (Å²) in [5.41, 5.74) is -0.566. The number of hydrogen-bond donors (Lipinski definition) is 2. The first-order chi connectivity index (χ1) is 11.0. The quantitative estimate of drug-likeness (QED) is 0.676. The summed E-state index contributed by atoms with van der Waals surface area (Å²) in [6.07, 6.45) is 0.809. The summed E-state index contributed by atoms with van der Waals surface area (Å²) < 4.78 is 30.3. The van der Waals surface area contributed by atoms with Crippen molar-refractivity contribution in [1.82, 2.24) is 14.9 Å². The Morgan fingerprint density at radius 1 is 1.21 bits per heavy atom. The molecule has 0 aliphatic carbocycles. The Kier molecular flexibility index (Phi) is 7.47. The fraction of sp³-hybridized carbons (Fsp3) is 0.867. The molecule has 1 saturated heterocycles. The van der Waals surface area contributed by atoms with Crippen molar-refractivity contribution >= 4 is 22.0 Å². The summed E-state index contributed by atoms with van der Waals surface area (Å²) in [5.74, 6) is -0.486. The molecule has 8 nitrogen and oxygen atoms in total. The standard InChI is InChI=1S/C15H29N3O5S/c1-5-24(21,22)18-10-6-7-12(11-18)13(19)16-8-9-17-14(20)23-15(2,3)4/h12H,5-11H2,1-4H3,(H,16,19)(H,17,20). The second-order valence-corrected chi connectivity index (χ2v) is 9.08. The Labute approximate surface area is 144 Å². The number of ether oxygens (including phenoxy) is 1. The number of nitrogens with one attached hydrogen (secondary N) is 2. The maximum Gasteiger partial charge on any atom is 0.407 e. The molecule has 0 aromatic heterocycles. The van der Waals surface area contributed by atoms with Gasteiger partial charge < -0.3 is 15.4 Å². The molecule has 2 N–H and O–H groups in total. The van der Waals surface area contributed by atoms with Gasteiger partial charge >= 0.3 is 6.09 Å². The van der Waals surface area contributed by atoms with Crippen LogP contribution in [0.2, 0.25) is 0 Å². The molecule has 1 atom stereocenters. The van der Waals surface area contributed by atoms with Gasteiger partial charge in [0.2, 0.25) is 15.9 Å². The van der Waals surface area contributed by atoms with Crippen LogP contribution in [0.4, 0.5) is 4.79 Å². The molecule has 0 bridgehead atoms. The van der Waals surface area contributed by atoms with E-state index in [2.05, 4.69) is 10.6 Å². The van der Waals surface area contributed by atoms with Gasteiger partial charge in [0.15, 0.2) is 0 Å². The Hall–Kier alpha value is -1.35. The van der Waals surface area contributed by atoms with Crippen LogP contribution in [0.25, 0.3) is 0 Å². The summed E-state index contributed by atoms with van der Waals surface area (Å²) in [7, 11) is -3.26. The fourth-order valence-electron chi connectivity index (χ4n) is 2.40. The van der Waals surface area contributed by atoms with E-state index < -0.39 is 21.7 Å². The zero-order chi connectivity index (χ0) is 18.4. The van der Waals surface area contributed by atoms with Crippen LogP contribution in [0.3, 0.4) is 0 Å². The van der Waals surface area contributed by atoms with Crippen molar-refractivity contribution in [2.24, 2.45) is 5.92 Å². The smallest absolute Gasteiger partial charge is 0.407 e. The highest BCUT2D eigenvalue weighted by molar-refractivity contribution is 7.89. The monoisotopic (exact) mass is 363 g/mol. The van der Waals surface area contributed by atoms with Crippen LogP contribution in [-0.2, 0) is 19.6 Å². The lowest BCUT2D eigenvalue weighted by atomic mass is 9.99. The van der Waals surface area contributed by atoms with Crippen LogP contribution < -0.4 is 10.6 Å². The number of piperidine rings is 1. The lowest BCUT2D eigenvalue weighted by Crippen LogP contribution is -2.47. The molecule has 1 fully saturated rings. The highest BCUT2D eigenvalue weighted by Crippen LogP contribution is 2.19. The molecule has 24 heavy (non-hydrogen) atoms. The summed E-state index contributed by atoms with van der Waals surface area (Å²) in [6.45, 7) is 8.14. The fourth-order valence-corrected chi connectivity index (χ4v) is 3.58. The Morgan fingerprint density at radius 2 is 1.83 bits per heavy atom. The molecule has 0 radical (unpaired) electrons. The first-order valence-electron chi connectivity index (χ1n) is 8.27. The van der Waals surface area contributed by atoms with Crippen LogP contribution in [0.5, 0.6) is 0 Å². The van der Waals surface area contributed by atoms with E-state index in [4.69, 9.17) is 4.74 Å². The van der Waals surface area contributed by atoms with Crippen molar-refractivity contribution in [1.29, 1.82) is 0 Å². The number of carbonyl (C=O) groups excluding carboxylic acids is 2. The number of alkyl carbamates (subject to hydrolysis) is 1. The molecule has 9 heteroatoms. The normalized spacial score (nSPS) is 19.6. The van der Waals surface area contributed by atoms with Gasteiger partial charge in [-0.05, 0) is 40.5 Å². The van der Waals surface area contributed by atoms with E-state index in [-0.39, 0.29) is 37.2 Å². The molecule has 1 heterocycles. The van der Waals surface area contributed by atoms with E-state index >= 15 is 0 Å². The van der Waals surface area contributed by atoms with E-state index in [1.165, 1.54) is 4.31 Å². The minimum atomic E-state index is -3.26. The molecule has 0 aromatic rings. The van der Waals surface area contributed by atoms with Crippen molar-refractivity contribution in [2.45, 2.75) is 46.1 Å². The highest BCUT2D eigenvalue weighted by Gasteiger charge is 2.31. The van der Waals surface area contributed by atoms with Crippen molar-refractivity contribution in [3.8, 4) is 0 Å². The maximum absolute atomic E-state index is 12.2. The zero-order valence-corrected chi connectivity index (χ0v) is 15.7. The molecule has 2 amide bonds. The number of amides is 2. The molecule has 1 aliphatic rings. The van der Waals surface area contributed by atoms with E-state index in [0.717, 1.165) is 0 Å². The second kappa shape index (κ2) is 8.66. The number of carbonyl (C=O) groups is 2. The molecule has 1 aliphatic heterocycles. The van der Waals surface area contributed by atoms with Gasteiger partial charge in [-0.1, -0.05) is 0 Å². The molecule has 140 valence electrons. The predicted molar refractivity (Wildman–Crippen MR) is 91.0 cm³/mol. The number of rotatable bonds is 6. The van der Waals surface area contributed by atoms with Crippen LogP contribution in [-0.4, -0.2) is 62.3 Å². The van der Waals surface area contributed by atoms with E-state index in [1.54, 1.807) is 27.7 Å². The molecule has 0 aromatic carbocycles. The Bertz CT molecular complexity index is 542. The maximum atomic E-state index is 12.2. The Balaban J connectivity index is 2.34. The predicted octanol–water partition coefficient (Wildman–Crippen LogP) is 0.689. The summed E-state index contributed by atoms with van der Waals surface area (Å²) >= 11 is 0. The van der Waals surface area contributed by atoms with Gasteiger partial charge in [-0.2, -0.15) is 0 Å².